The van der Waals surface area contributed by atoms with Crippen molar-refractivity contribution in [2.75, 3.05) is 5.32 Å². The molecule has 0 radical (unpaired) electrons. The Labute approximate surface area is 136 Å². The van der Waals surface area contributed by atoms with Crippen molar-refractivity contribution >= 4 is 11.8 Å². The van der Waals surface area contributed by atoms with Gasteiger partial charge in [0.15, 0.2) is 0 Å². The number of carbonyl (C=O) groups is 1. The molecule has 0 aliphatic carbocycles. The van der Waals surface area contributed by atoms with E-state index in [0.29, 0.717) is 0 Å². The van der Waals surface area contributed by atoms with Gasteiger partial charge in [-0.1, -0.05) is 37.3 Å². The van der Waals surface area contributed by atoms with Gasteiger partial charge in [-0.05, 0) is 24.6 Å². The number of hydrogen-bond donors (Lipinski definition) is 2. The Morgan fingerprint density at radius 2 is 2.00 bits per heavy atom. The van der Waals surface area contributed by atoms with Gasteiger partial charge in [-0.2, -0.15) is 0 Å². The molecule has 3 rings (SSSR count). The summed E-state index contributed by atoms with van der Waals surface area (Å²) >= 11 is 0. The van der Waals surface area contributed by atoms with E-state index in [-0.39, 0.29) is 24.6 Å². The summed E-state index contributed by atoms with van der Waals surface area (Å²) in [6.07, 6.45) is 1.32. The number of rotatable bonds is 3. The monoisotopic (exact) mass is 311 g/mol. The first kappa shape index (κ1) is 15.3. The van der Waals surface area contributed by atoms with Crippen molar-refractivity contribution in [2.24, 2.45) is 5.92 Å². The van der Waals surface area contributed by atoms with Crippen LogP contribution in [0, 0.1) is 5.92 Å². The third-order valence-corrected chi connectivity index (χ3v) is 4.32. The fourth-order valence-corrected chi connectivity index (χ4v) is 2.79. The second kappa shape index (κ2) is 6.69. The SMILES string of the molecule is CC1Nc2cccnc2C(NC(=O)OCc2ccccc2)C1C. The maximum atomic E-state index is 12.2. The number of hydrogen-bond acceptors (Lipinski definition) is 4. The van der Waals surface area contributed by atoms with E-state index in [1.807, 2.05) is 42.5 Å². The van der Waals surface area contributed by atoms with E-state index in [9.17, 15) is 4.79 Å². The largest absolute Gasteiger partial charge is 0.445 e. The Morgan fingerprint density at radius 3 is 2.78 bits per heavy atom. The van der Waals surface area contributed by atoms with Crippen LogP contribution in [-0.2, 0) is 11.3 Å². The van der Waals surface area contributed by atoms with Crippen molar-refractivity contribution in [1.29, 1.82) is 0 Å². The summed E-state index contributed by atoms with van der Waals surface area (Å²) < 4.78 is 5.33. The molecule has 5 heteroatoms. The van der Waals surface area contributed by atoms with Gasteiger partial charge in [0.1, 0.15) is 6.61 Å². The lowest BCUT2D eigenvalue weighted by Gasteiger charge is -2.36. The van der Waals surface area contributed by atoms with E-state index in [1.165, 1.54) is 0 Å². The number of nitrogens with zero attached hydrogens (tertiary/aromatic N) is 1. The number of aromatic nitrogens is 1. The Bertz CT molecular complexity index is 675. The first-order valence-corrected chi connectivity index (χ1v) is 7.84. The summed E-state index contributed by atoms with van der Waals surface area (Å²) in [7, 11) is 0. The van der Waals surface area contributed by atoms with Crippen LogP contribution in [0.3, 0.4) is 0 Å². The molecule has 3 atom stereocenters. The lowest BCUT2D eigenvalue weighted by molar-refractivity contribution is 0.130. The lowest BCUT2D eigenvalue weighted by Crippen LogP contribution is -2.43. The average Bonchev–Trinajstić information content (AvgIpc) is 2.58. The molecular weight excluding hydrogens is 290 g/mol. The number of benzene rings is 1. The molecule has 0 saturated carbocycles. The predicted octanol–water partition coefficient (Wildman–Crippen LogP) is 3.50. The number of carbonyl (C=O) groups excluding carboxylic acids is 1. The van der Waals surface area contributed by atoms with Crippen molar-refractivity contribution in [1.82, 2.24) is 10.3 Å². The minimum Gasteiger partial charge on any atom is -0.445 e. The van der Waals surface area contributed by atoms with Gasteiger partial charge in [-0.3, -0.25) is 4.98 Å². The van der Waals surface area contributed by atoms with Gasteiger partial charge in [0.25, 0.3) is 0 Å². The first-order chi connectivity index (χ1) is 11.1. The summed E-state index contributed by atoms with van der Waals surface area (Å²) in [5.74, 6) is 0.210. The summed E-state index contributed by atoms with van der Waals surface area (Å²) in [4.78, 5) is 16.6. The van der Waals surface area contributed by atoms with Crippen LogP contribution in [0.5, 0.6) is 0 Å². The fourth-order valence-electron chi connectivity index (χ4n) is 2.79. The molecule has 3 unspecified atom stereocenters. The molecule has 120 valence electrons. The maximum Gasteiger partial charge on any atom is 0.408 e. The molecule has 0 fully saturated rings. The van der Waals surface area contributed by atoms with Gasteiger partial charge in [-0.25, -0.2) is 4.79 Å². The molecule has 1 aromatic carbocycles. The zero-order valence-electron chi connectivity index (χ0n) is 13.3. The van der Waals surface area contributed by atoms with Crippen LogP contribution in [0.1, 0.15) is 31.1 Å². The highest BCUT2D eigenvalue weighted by Crippen LogP contribution is 2.34. The average molecular weight is 311 g/mol. The zero-order valence-corrected chi connectivity index (χ0v) is 13.3. The number of fused-ring (bicyclic) bond motifs is 1. The van der Waals surface area contributed by atoms with Crippen LogP contribution < -0.4 is 10.6 Å². The molecule has 1 aliphatic rings. The van der Waals surface area contributed by atoms with Crippen molar-refractivity contribution in [3.8, 4) is 0 Å². The van der Waals surface area contributed by atoms with Gasteiger partial charge in [0, 0.05) is 18.2 Å². The Hall–Kier alpha value is -2.56. The summed E-state index contributed by atoms with van der Waals surface area (Å²) in [5, 5.41) is 6.38. The quantitative estimate of drug-likeness (QED) is 0.910. The minimum absolute atomic E-state index is 0.161. The topological polar surface area (TPSA) is 63.2 Å². The van der Waals surface area contributed by atoms with Gasteiger partial charge < -0.3 is 15.4 Å². The third-order valence-electron chi connectivity index (χ3n) is 4.32. The van der Waals surface area contributed by atoms with Crippen molar-refractivity contribution < 1.29 is 9.53 Å². The van der Waals surface area contributed by atoms with E-state index in [1.54, 1.807) is 6.20 Å². The molecule has 1 amide bonds. The van der Waals surface area contributed by atoms with Crippen LogP contribution >= 0.6 is 0 Å². The number of nitrogens with one attached hydrogen (secondary N) is 2. The van der Waals surface area contributed by atoms with Crippen LogP contribution in [0.15, 0.2) is 48.7 Å². The van der Waals surface area contributed by atoms with E-state index in [4.69, 9.17) is 4.74 Å². The molecule has 0 saturated heterocycles. The van der Waals surface area contributed by atoms with Gasteiger partial charge >= 0.3 is 6.09 Å². The van der Waals surface area contributed by atoms with Crippen LogP contribution in [0.4, 0.5) is 10.5 Å². The molecule has 2 heterocycles. The minimum atomic E-state index is -0.420. The highest BCUT2D eigenvalue weighted by molar-refractivity contribution is 5.69. The highest BCUT2D eigenvalue weighted by atomic mass is 16.5. The highest BCUT2D eigenvalue weighted by Gasteiger charge is 2.33. The predicted molar refractivity (Wildman–Crippen MR) is 89.0 cm³/mol. The Balaban J connectivity index is 1.67. The Kier molecular flexibility index (Phi) is 4.46. The first-order valence-electron chi connectivity index (χ1n) is 7.84. The van der Waals surface area contributed by atoms with Crippen LogP contribution in [-0.4, -0.2) is 17.1 Å². The molecule has 5 nitrogen and oxygen atoms in total. The number of ether oxygens (including phenoxy) is 1. The Morgan fingerprint density at radius 1 is 1.22 bits per heavy atom. The molecule has 2 N–H and O–H groups in total. The molecule has 1 aliphatic heterocycles. The number of alkyl carbamates (subject to hydrolysis) is 1. The normalized spacial score (nSPS) is 22.6. The lowest BCUT2D eigenvalue weighted by atomic mass is 9.87. The van der Waals surface area contributed by atoms with E-state index in [0.717, 1.165) is 16.9 Å². The number of amides is 1. The number of pyridine rings is 1. The van der Waals surface area contributed by atoms with Gasteiger partial charge in [0.05, 0.1) is 17.4 Å². The molecule has 23 heavy (non-hydrogen) atoms. The van der Waals surface area contributed by atoms with Gasteiger partial charge in [0.2, 0.25) is 0 Å². The van der Waals surface area contributed by atoms with Crippen molar-refractivity contribution in [3.63, 3.8) is 0 Å². The van der Waals surface area contributed by atoms with Crippen molar-refractivity contribution in [3.05, 3.63) is 59.9 Å². The second-order valence-electron chi connectivity index (χ2n) is 5.91. The van der Waals surface area contributed by atoms with Gasteiger partial charge in [-0.15, -0.1) is 0 Å². The van der Waals surface area contributed by atoms with E-state index < -0.39 is 6.09 Å². The zero-order chi connectivity index (χ0) is 16.2. The van der Waals surface area contributed by atoms with E-state index >= 15 is 0 Å². The molecule has 1 aromatic heterocycles. The van der Waals surface area contributed by atoms with Crippen molar-refractivity contribution in [2.45, 2.75) is 32.5 Å². The molecule has 0 spiro atoms. The maximum absolute atomic E-state index is 12.2. The molecular formula is C18H21N3O2. The summed E-state index contributed by atoms with van der Waals surface area (Å²) in [5.41, 5.74) is 2.79. The number of anilines is 1. The second-order valence-corrected chi connectivity index (χ2v) is 5.91. The summed E-state index contributed by atoms with van der Waals surface area (Å²) in [6.45, 7) is 4.46. The smallest absolute Gasteiger partial charge is 0.408 e. The fraction of sp³-hybridized carbons (Fsp3) is 0.333. The standard InChI is InChI=1S/C18H21N3O2/c1-12-13(2)20-15-9-6-10-19-17(15)16(12)21-18(22)23-11-14-7-4-3-5-8-14/h3-10,12-13,16,20H,11H2,1-2H3,(H,21,22). The summed E-state index contributed by atoms with van der Waals surface area (Å²) in [6, 6.07) is 13.6. The molecule has 2 aromatic rings. The van der Waals surface area contributed by atoms with Crippen LogP contribution in [0.25, 0.3) is 0 Å². The molecule has 0 bridgehead atoms. The van der Waals surface area contributed by atoms with E-state index in [2.05, 4.69) is 29.5 Å². The third kappa shape index (κ3) is 3.44. The van der Waals surface area contributed by atoms with Crippen LogP contribution in [0.2, 0.25) is 0 Å².